The van der Waals surface area contributed by atoms with Crippen LogP contribution in [0.2, 0.25) is 0 Å². The number of amides is 1. The van der Waals surface area contributed by atoms with E-state index in [4.69, 9.17) is 13.9 Å². The van der Waals surface area contributed by atoms with Crippen LogP contribution in [0.4, 0.5) is 5.82 Å². The summed E-state index contributed by atoms with van der Waals surface area (Å²) in [6.45, 7) is 5.89. The molecular formula is C23H28N4O4. The van der Waals surface area contributed by atoms with Gasteiger partial charge in [0.15, 0.2) is 0 Å². The lowest BCUT2D eigenvalue weighted by Gasteiger charge is -2.32. The van der Waals surface area contributed by atoms with Gasteiger partial charge in [0.05, 0.1) is 19.6 Å². The SMILES string of the molecule is COc1ccc(OC)c(CNC(=O)C2CCN(c3ncnc4oc(C)c(C)c34)CC2)c1. The minimum Gasteiger partial charge on any atom is -0.497 e. The molecule has 31 heavy (non-hydrogen) atoms. The zero-order valence-electron chi connectivity index (χ0n) is 18.4. The Morgan fingerprint density at radius 1 is 1.19 bits per heavy atom. The van der Waals surface area contributed by atoms with Crippen molar-refractivity contribution >= 4 is 22.8 Å². The van der Waals surface area contributed by atoms with E-state index in [-0.39, 0.29) is 11.8 Å². The Bertz CT molecular complexity index is 1090. The first-order valence-corrected chi connectivity index (χ1v) is 10.5. The summed E-state index contributed by atoms with van der Waals surface area (Å²) in [7, 11) is 3.24. The average Bonchev–Trinajstić information content (AvgIpc) is 3.10. The lowest BCUT2D eigenvalue weighted by molar-refractivity contribution is -0.125. The minimum absolute atomic E-state index is 0.0302. The number of nitrogens with one attached hydrogen (secondary N) is 1. The summed E-state index contributed by atoms with van der Waals surface area (Å²) in [5.41, 5.74) is 2.58. The Kier molecular flexibility index (Phi) is 5.97. The van der Waals surface area contributed by atoms with E-state index >= 15 is 0 Å². The summed E-state index contributed by atoms with van der Waals surface area (Å²) in [5, 5.41) is 4.02. The van der Waals surface area contributed by atoms with Crippen LogP contribution in [0.25, 0.3) is 11.1 Å². The first-order valence-electron chi connectivity index (χ1n) is 10.5. The van der Waals surface area contributed by atoms with Crippen LogP contribution in [0, 0.1) is 19.8 Å². The van der Waals surface area contributed by atoms with E-state index in [0.29, 0.717) is 12.3 Å². The zero-order chi connectivity index (χ0) is 22.0. The number of anilines is 1. The molecule has 0 atom stereocenters. The van der Waals surface area contributed by atoms with Gasteiger partial charge in [-0.15, -0.1) is 0 Å². The van der Waals surface area contributed by atoms with E-state index in [1.165, 1.54) is 0 Å². The quantitative estimate of drug-likeness (QED) is 0.649. The van der Waals surface area contributed by atoms with Gasteiger partial charge in [0, 0.05) is 36.7 Å². The molecule has 1 aliphatic heterocycles. The predicted molar refractivity (Wildman–Crippen MR) is 118 cm³/mol. The number of aryl methyl sites for hydroxylation is 2. The van der Waals surface area contributed by atoms with Gasteiger partial charge in [-0.05, 0) is 44.9 Å². The average molecular weight is 425 g/mol. The minimum atomic E-state index is -0.0302. The van der Waals surface area contributed by atoms with Gasteiger partial charge in [0.25, 0.3) is 0 Å². The molecule has 164 valence electrons. The van der Waals surface area contributed by atoms with E-state index in [2.05, 4.69) is 20.2 Å². The summed E-state index contributed by atoms with van der Waals surface area (Å²) < 4.78 is 16.4. The van der Waals surface area contributed by atoms with Crippen molar-refractivity contribution in [3.05, 3.63) is 41.4 Å². The molecule has 0 spiro atoms. The van der Waals surface area contributed by atoms with Crippen molar-refractivity contribution < 1.29 is 18.7 Å². The van der Waals surface area contributed by atoms with Crippen LogP contribution >= 0.6 is 0 Å². The number of fused-ring (bicyclic) bond motifs is 1. The molecule has 4 rings (SSSR count). The molecule has 3 heterocycles. The number of benzene rings is 1. The van der Waals surface area contributed by atoms with Crippen molar-refractivity contribution in [1.82, 2.24) is 15.3 Å². The highest BCUT2D eigenvalue weighted by atomic mass is 16.5. The zero-order valence-corrected chi connectivity index (χ0v) is 18.4. The summed E-state index contributed by atoms with van der Waals surface area (Å²) in [6.07, 6.45) is 3.07. The van der Waals surface area contributed by atoms with Crippen LogP contribution in [0.5, 0.6) is 11.5 Å². The van der Waals surface area contributed by atoms with Gasteiger partial charge < -0.3 is 24.1 Å². The Morgan fingerprint density at radius 2 is 1.97 bits per heavy atom. The Hall–Kier alpha value is -3.29. The highest BCUT2D eigenvalue weighted by Crippen LogP contribution is 2.32. The smallest absolute Gasteiger partial charge is 0.231 e. The third kappa shape index (κ3) is 4.15. The second-order valence-corrected chi connectivity index (χ2v) is 7.82. The van der Waals surface area contributed by atoms with Crippen molar-refractivity contribution in [3.63, 3.8) is 0 Å². The number of furan rings is 1. The third-order valence-electron chi connectivity index (χ3n) is 6.05. The van der Waals surface area contributed by atoms with E-state index in [1.807, 2.05) is 32.0 Å². The molecule has 1 N–H and O–H groups in total. The molecular weight excluding hydrogens is 396 g/mol. The number of methoxy groups -OCH3 is 2. The standard InChI is InChI=1S/C23H28N4O4/c1-14-15(2)31-23-20(14)21(25-13-26-23)27-9-7-16(8-10-27)22(28)24-12-17-11-18(29-3)5-6-19(17)30-4/h5-6,11,13,16H,7-10,12H2,1-4H3,(H,24,28). The molecule has 1 aromatic carbocycles. The highest BCUT2D eigenvalue weighted by Gasteiger charge is 2.27. The first kappa shape index (κ1) is 21.0. The van der Waals surface area contributed by atoms with Gasteiger partial charge in [-0.3, -0.25) is 4.79 Å². The first-order chi connectivity index (χ1) is 15.0. The summed E-state index contributed by atoms with van der Waals surface area (Å²) >= 11 is 0. The maximum absolute atomic E-state index is 12.8. The van der Waals surface area contributed by atoms with Gasteiger partial charge in [-0.2, -0.15) is 0 Å². The van der Waals surface area contributed by atoms with Gasteiger partial charge in [-0.25, -0.2) is 9.97 Å². The van der Waals surface area contributed by atoms with Crippen molar-refractivity contribution in [2.75, 3.05) is 32.2 Å². The lowest BCUT2D eigenvalue weighted by Crippen LogP contribution is -2.40. The monoisotopic (exact) mass is 424 g/mol. The number of rotatable bonds is 6. The van der Waals surface area contributed by atoms with Crippen LogP contribution in [-0.2, 0) is 11.3 Å². The number of ether oxygens (including phenoxy) is 2. The molecule has 0 radical (unpaired) electrons. The second kappa shape index (κ2) is 8.83. The number of carbonyl (C=O) groups is 1. The second-order valence-electron chi connectivity index (χ2n) is 7.82. The van der Waals surface area contributed by atoms with E-state index in [9.17, 15) is 4.79 Å². The van der Waals surface area contributed by atoms with Gasteiger partial charge >= 0.3 is 0 Å². The molecule has 2 aromatic heterocycles. The molecule has 8 nitrogen and oxygen atoms in total. The van der Waals surface area contributed by atoms with Crippen molar-refractivity contribution in [2.24, 2.45) is 5.92 Å². The topological polar surface area (TPSA) is 89.7 Å². The maximum Gasteiger partial charge on any atom is 0.231 e. The third-order valence-corrected chi connectivity index (χ3v) is 6.05. The molecule has 0 unspecified atom stereocenters. The number of carbonyl (C=O) groups excluding carboxylic acids is 1. The van der Waals surface area contributed by atoms with Gasteiger partial charge in [-0.1, -0.05) is 0 Å². The number of hydrogen-bond acceptors (Lipinski definition) is 7. The van der Waals surface area contributed by atoms with Crippen LogP contribution in [0.3, 0.4) is 0 Å². The molecule has 1 fully saturated rings. The molecule has 8 heteroatoms. The lowest BCUT2D eigenvalue weighted by atomic mass is 9.95. The van der Waals surface area contributed by atoms with Crippen molar-refractivity contribution in [1.29, 1.82) is 0 Å². The number of aromatic nitrogens is 2. The van der Waals surface area contributed by atoms with Crippen LogP contribution in [0.1, 0.15) is 29.7 Å². The molecule has 0 saturated carbocycles. The van der Waals surface area contributed by atoms with Gasteiger partial charge in [0.1, 0.15) is 29.4 Å². The number of hydrogen-bond donors (Lipinski definition) is 1. The van der Waals surface area contributed by atoms with Crippen molar-refractivity contribution in [2.45, 2.75) is 33.2 Å². The largest absolute Gasteiger partial charge is 0.497 e. The maximum atomic E-state index is 12.8. The van der Waals surface area contributed by atoms with E-state index < -0.39 is 0 Å². The van der Waals surface area contributed by atoms with Crippen LogP contribution < -0.4 is 19.7 Å². The van der Waals surface area contributed by atoms with Crippen molar-refractivity contribution in [3.8, 4) is 11.5 Å². The van der Waals surface area contributed by atoms with E-state index in [1.54, 1.807) is 20.5 Å². The fourth-order valence-corrected chi connectivity index (χ4v) is 4.10. The summed E-state index contributed by atoms with van der Waals surface area (Å²) in [6, 6.07) is 5.57. The number of piperidine rings is 1. The Morgan fingerprint density at radius 3 is 2.68 bits per heavy atom. The van der Waals surface area contributed by atoms with Gasteiger partial charge in [0.2, 0.25) is 11.6 Å². The number of nitrogens with zero attached hydrogens (tertiary/aromatic N) is 3. The molecule has 0 bridgehead atoms. The highest BCUT2D eigenvalue weighted by molar-refractivity contribution is 5.90. The normalized spacial score (nSPS) is 14.6. The molecule has 1 amide bonds. The molecule has 3 aromatic rings. The molecule has 0 aliphatic carbocycles. The molecule has 1 aliphatic rings. The Labute approximate surface area is 181 Å². The van der Waals surface area contributed by atoms with Crippen LogP contribution in [-0.4, -0.2) is 43.2 Å². The molecule has 1 saturated heterocycles. The van der Waals surface area contributed by atoms with Crippen LogP contribution in [0.15, 0.2) is 28.9 Å². The fraction of sp³-hybridized carbons (Fsp3) is 0.435. The fourth-order valence-electron chi connectivity index (χ4n) is 4.10. The van der Waals surface area contributed by atoms with E-state index in [0.717, 1.165) is 65.5 Å². The Balaban J connectivity index is 1.39. The summed E-state index contributed by atoms with van der Waals surface area (Å²) in [5.74, 6) is 3.25. The predicted octanol–water partition coefficient (Wildman–Crippen LogP) is 3.39. The summed E-state index contributed by atoms with van der Waals surface area (Å²) in [4.78, 5) is 23.8.